The lowest BCUT2D eigenvalue weighted by molar-refractivity contribution is 0.0690. The van der Waals surface area contributed by atoms with E-state index >= 15 is 0 Å². The smallest absolute Gasteiger partial charge is 0.358 e. The molecular weight excluding hydrogens is 256 g/mol. The second-order valence-electron chi connectivity index (χ2n) is 6.01. The van der Waals surface area contributed by atoms with Crippen molar-refractivity contribution in [2.75, 3.05) is 38.1 Å². The van der Waals surface area contributed by atoms with Gasteiger partial charge in [-0.15, -0.1) is 0 Å². The van der Waals surface area contributed by atoms with E-state index in [1.165, 1.54) is 19.0 Å². The Morgan fingerprint density at radius 3 is 2.55 bits per heavy atom. The number of aromatic nitrogens is 2. The molecule has 3 rings (SSSR count). The number of piperidine rings is 1. The van der Waals surface area contributed by atoms with Crippen LogP contribution in [0.1, 0.15) is 29.8 Å². The van der Waals surface area contributed by atoms with Crippen LogP contribution in [0.4, 0.5) is 5.82 Å². The van der Waals surface area contributed by atoms with E-state index in [2.05, 4.69) is 26.8 Å². The van der Waals surface area contributed by atoms with Gasteiger partial charge < -0.3 is 14.9 Å². The van der Waals surface area contributed by atoms with Gasteiger partial charge >= 0.3 is 5.97 Å². The highest BCUT2D eigenvalue weighted by molar-refractivity contribution is 5.91. The molecule has 0 atom stereocenters. The molecule has 0 aromatic carbocycles. The average Bonchev–Trinajstić information content (AvgIpc) is 2.87. The molecule has 2 aliphatic rings. The summed E-state index contributed by atoms with van der Waals surface area (Å²) in [5, 5.41) is 9.23. The zero-order valence-electron chi connectivity index (χ0n) is 11.7. The molecule has 108 valence electrons. The molecule has 1 aromatic heterocycles. The Bertz CT molecular complexity index is 512. The number of rotatable bonds is 2. The summed E-state index contributed by atoms with van der Waals surface area (Å²) >= 11 is 0. The van der Waals surface area contributed by atoms with Crippen molar-refractivity contribution in [1.82, 2.24) is 14.9 Å². The van der Waals surface area contributed by atoms with Crippen molar-refractivity contribution in [3.05, 3.63) is 18.1 Å². The zero-order chi connectivity index (χ0) is 14.2. The van der Waals surface area contributed by atoms with E-state index in [1.54, 1.807) is 6.20 Å². The van der Waals surface area contributed by atoms with Gasteiger partial charge in [0.25, 0.3) is 0 Å². The number of nitrogens with zero attached hydrogens (tertiary/aromatic N) is 4. The monoisotopic (exact) mass is 276 g/mol. The Morgan fingerprint density at radius 1 is 1.20 bits per heavy atom. The van der Waals surface area contributed by atoms with E-state index in [4.69, 9.17) is 0 Å². The van der Waals surface area contributed by atoms with Crippen LogP contribution in [0.15, 0.2) is 12.4 Å². The third kappa shape index (κ3) is 2.35. The summed E-state index contributed by atoms with van der Waals surface area (Å²) < 4.78 is 0. The Labute approximate surface area is 118 Å². The molecule has 2 fully saturated rings. The summed E-state index contributed by atoms with van der Waals surface area (Å²) in [6.07, 6.45) is 6.50. The van der Waals surface area contributed by atoms with Gasteiger partial charge in [-0.2, -0.15) is 0 Å². The first-order chi connectivity index (χ1) is 9.60. The average molecular weight is 276 g/mol. The molecule has 6 nitrogen and oxygen atoms in total. The van der Waals surface area contributed by atoms with Gasteiger partial charge in [0.2, 0.25) is 0 Å². The fourth-order valence-corrected chi connectivity index (χ4v) is 3.33. The number of carbonyl (C=O) groups is 1. The first-order valence-corrected chi connectivity index (χ1v) is 7.07. The van der Waals surface area contributed by atoms with Crippen LogP contribution >= 0.6 is 0 Å². The number of likely N-dealkylation sites (tertiary alicyclic amines) is 1. The summed E-state index contributed by atoms with van der Waals surface area (Å²) in [6, 6.07) is 0. The molecule has 1 N–H and O–H groups in total. The van der Waals surface area contributed by atoms with Gasteiger partial charge in [-0.3, -0.25) is 0 Å². The van der Waals surface area contributed by atoms with Gasteiger partial charge in [0.05, 0.1) is 0 Å². The molecule has 20 heavy (non-hydrogen) atoms. The third-order valence-electron chi connectivity index (χ3n) is 4.67. The number of aromatic carboxylic acids is 1. The zero-order valence-corrected chi connectivity index (χ0v) is 11.7. The van der Waals surface area contributed by atoms with Crippen LogP contribution < -0.4 is 4.90 Å². The fraction of sp³-hybridized carbons (Fsp3) is 0.643. The quantitative estimate of drug-likeness (QED) is 0.872. The Hall–Kier alpha value is -1.69. The van der Waals surface area contributed by atoms with Crippen molar-refractivity contribution in [1.29, 1.82) is 0 Å². The van der Waals surface area contributed by atoms with Gasteiger partial charge in [-0.1, -0.05) is 0 Å². The van der Waals surface area contributed by atoms with E-state index in [-0.39, 0.29) is 5.69 Å². The molecular formula is C14H20N4O2. The number of carboxylic acids is 1. The molecule has 0 unspecified atom stereocenters. The predicted octanol–water partition coefficient (Wildman–Crippen LogP) is 1.10. The fourth-order valence-electron chi connectivity index (χ4n) is 3.33. The summed E-state index contributed by atoms with van der Waals surface area (Å²) in [4.78, 5) is 23.9. The topological polar surface area (TPSA) is 69.6 Å². The van der Waals surface area contributed by atoms with Gasteiger partial charge in [0, 0.05) is 25.5 Å². The lowest BCUT2D eigenvalue weighted by Crippen LogP contribution is -2.40. The summed E-state index contributed by atoms with van der Waals surface area (Å²) in [7, 11) is 2.16. The van der Waals surface area contributed by atoms with E-state index in [0.717, 1.165) is 32.6 Å². The highest BCUT2D eigenvalue weighted by atomic mass is 16.4. The summed E-state index contributed by atoms with van der Waals surface area (Å²) in [5.74, 6) is -0.478. The molecule has 0 saturated carbocycles. The van der Waals surface area contributed by atoms with Crippen LogP contribution in [0.3, 0.4) is 0 Å². The highest BCUT2D eigenvalue weighted by Crippen LogP contribution is 2.41. The third-order valence-corrected chi connectivity index (χ3v) is 4.67. The maximum absolute atomic E-state index is 11.3. The van der Waals surface area contributed by atoms with Crippen LogP contribution in [0.25, 0.3) is 0 Å². The maximum atomic E-state index is 11.3. The first-order valence-electron chi connectivity index (χ1n) is 7.07. The molecule has 2 saturated heterocycles. The van der Waals surface area contributed by atoms with Gasteiger partial charge in [-0.05, 0) is 44.8 Å². The standard InChI is InChI=1S/C14H20N4O2/c1-17-7-2-14(3-8-17)4-9-18(10-14)12-11(13(19)20)15-5-6-16-12/h5-6H,2-4,7-10H2,1H3,(H,19,20). The SMILES string of the molecule is CN1CCC2(CC1)CCN(c1nccnc1C(=O)O)C2. The summed E-state index contributed by atoms with van der Waals surface area (Å²) in [6.45, 7) is 4.03. The Morgan fingerprint density at radius 2 is 1.85 bits per heavy atom. The van der Waals surface area contributed by atoms with Crippen molar-refractivity contribution in [3.63, 3.8) is 0 Å². The Kier molecular flexibility index (Phi) is 3.33. The highest BCUT2D eigenvalue weighted by Gasteiger charge is 2.41. The van der Waals surface area contributed by atoms with Crippen LogP contribution in [0.5, 0.6) is 0 Å². The molecule has 1 aromatic rings. The van der Waals surface area contributed by atoms with Gasteiger partial charge in [-0.25, -0.2) is 14.8 Å². The number of hydrogen-bond donors (Lipinski definition) is 1. The maximum Gasteiger partial charge on any atom is 0.358 e. The second-order valence-corrected chi connectivity index (χ2v) is 6.01. The van der Waals surface area contributed by atoms with Crippen molar-refractivity contribution in [2.24, 2.45) is 5.41 Å². The molecule has 1 spiro atoms. The van der Waals surface area contributed by atoms with Gasteiger partial charge in [0.1, 0.15) is 0 Å². The minimum Gasteiger partial charge on any atom is -0.476 e. The molecule has 6 heteroatoms. The van der Waals surface area contributed by atoms with Crippen LogP contribution in [0.2, 0.25) is 0 Å². The molecule has 0 radical (unpaired) electrons. The van der Waals surface area contributed by atoms with Crippen LogP contribution in [-0.4, -0.2) is 59.2 Å². The minimum atomic E-state index is -1.00. The predicted molar refractivity (Wildman–Crippen MR) is 75.0 cm³/mol. The van der Waals surface area contributed by atoms with E-state index in [1.807, 2.05) is 0 Å². The lowest BCUT2D eigenvalue weighted by atomic mass is 9.78. The second kappa shape index (κ2) is 5.01. The van der Waals surface area contributed by atoms with E-state index < -0.39 is 5.97 Å². The first kappa shape index (κ1) is 13.3. The van der Waals surface area contributed by atoms with Crippen molar-refractivity contribution < 1.29 is 9.90 Å². The van der Waals surface area contributed by atoms with Gasteiger partial charge in [0.15, 0.2) is 11.5 Å². The normalized spacial score (nSPS) is 22.4. The number of hydrogen-bond acceptors (Lipinski definition) is 5. The van der Waals surface area contributed by atoms with E-state index in [0.29, 0.717) is 11.2 Å². The van der Waals surface area contributed by atoms with Crippen LogP contribution in [0, 0.1) is 5.41 Å². The molecule has 0 aliphatic carbocycles. The molecule has 2 aliphatic heterocycles. The van der Waals surface area contributed by atoms with Crippen molar-refractivity contribution in [2.45, 2.75) is 19.3 Å². The van der Waals surface area contributed by atoms with Crippen molar-refractivity contribution >= 4 is 11.8 Å². The lowest BCUT2D eigenvalue weighted by Gasteiger charge is -2.37. The minimum absolute atomic E-state index is 0.0671. The molecule has 3 heterocycles. The Balaban J connectivity index is 1.79. The summed E-state index contributed by atoms with van der Waals surface area (Å²) in [5.41, 5.74) is 0.400. The van der Waals surface area contributed by atoms with E-state index in [9.17, 15) is 9.90 Å². The number of carboxylic acid groups (broad SMARTS) is 1. The molecule has 0 amide bonds. The largest absolute Gasteiger partial charge is 0.476 e. The number of anilines is 1. The van der Waals surface area contributed by atoms with Crippen LogP contribution in [-0.2, 0) is 0 Å². The van der Waals surface area contributed by atoms with Crippen molar-refractivity contribution in [3.8, 4) is 0 Å². The molecule has 0 bridgehead atoms.